The predicted molar refractivity (Wildman–Crippen MR) is 65.3 cm³/mol. The average Bonchev–Trinajstić information content (AvgIpc) is 2.35. The second-order valence-corrected chi connectivity index (χ2v) is 4.63. The summed E-state index contributed by atoms with van der Waals surface area (Å²) in [5.41, 5.74) is 7.68. The van der Waals surface area contributed by atoms with E-state index in [1.165, 1.54) is 5.57 Å². The Hall–Kier alpha value is -2.24. The van der Waals surface area contributed by atoms with Crippen LogP contribution >= 0.6 is 0 Å². The largest absolute Gasteiger partial charge is 0.425 e. The van der Waals surface area contributed by atoms with Crippen LogP contribution in [0.1, 0.15) is 30.7 Å². The van der Waals surface area contributed by atoms with E-state index in [0.717, 1.165) is 30.5 Å². The van der Waals surface area contributed by atoms with Gasteiger partial charge in [0.15, 0.2) is 0 Å². The van der Waals surface area contributed by atoms with E-state index in [4.69, 9.17) is 5.73 Å². The summed E-state index contributed by atoms with van der Waals surface area (Å²) in [5, 5.41) is 9.83. The van der Waals surface area contributed by atoms with Gasteiger partial charge in [0.1, 0.15) is 5.69 Å². The molecule has 3 rings (SSSR count). The van der Waals surface area contributed by atoms with Gasteiger partial charge >= 0.3 is 11.1 Å². The summed E-state index contributed by atoms with van der Waals surface area (Å²) in [6.45, 7) is 0. The van der Waals surface area contributed by atoms with Crippen molar-refractivity contribution in [2.24, 2.45) is 5.73 Å². The summed E-state index contributed by atoms with van der Waals surface area (Å²) in [7, 11) is 0. The molecule has 6 heteroatoms. The molecular weight excluding hydrogens is 234 g/mol. The number of nitrogens with one attached hydrogen (secondary N) is 1. The number of hydrogen-bond acceptors (Lipinski definition) is 4. The topological polar surface area (TPSA) is 101 Å². The van der Waals surface area contributed by atoms with Gasteiger partial charge in [-0.25, -0.2) is 0 Å². The molecule has 94 valence electrons. The SMILES string of the molecule is NC1=CC2=C(CC1)CCc1[nH]c(=O)c(=O)n(O)c12. The van der Waals surface area contributed by atoms with Gasteiger partial charge in [-0.3, -0.25) is 9.59 Å². The number of rotatable bonds is 0. The molecule has 0 aliphatic heterocycles. The number of aryl methyl sites for hydroxylation is 1. The Bertz CT molecular complexity index is 706. The zero-order valence-corrected chi connectivity index (χ0v) is 9.69. The van der Waals surface area contributed by atoms with Crippen molar-refractivity contribution < 1.29 is 5.21 Å². The molecule has 0 amide bonds. The van der Waals surface area contributed by atoms with Crippen molar-refractivity contribution in [3.8, 4) is 0 Å². The van der Waals surface area contributed by atoms with Crippen LogP contribution in [0.4, 0.5) is 0 Å². The van der Waals surface area contributed by atoms with Crippen LogP contribution in [-0.4, -0.2) is 14.9 Å². The Labute approximate surface area is 102 Å². The fourth-order valence-electron chi connectivity index (χ4n) is 2.59. The van der Waals surface area contributed by atoms with Crippen LogP contribution in [0.25, 0.3) is 5.57 Å². The Morgan fingerprint density at radius 3 is 2.72 bits per heavy atom. The van der Waals surface area contributed by atoms with E-state index in [2.05, 4.69) is 4.98 Å². The molecule has 2 aliphatic rings. The number of nitrogens with zero attached hydrogens (tertiary/aromatic N) is 1. The van der Waals surface area contributed by atoms with Crippen molar-refractivity contribution in [3.63, 3.8) is 0 Å². The molecule has 6 nitrogen and oxygen atoms in total. The predicted octanol–water partition coefficient (Wildman–Crippen LogP) is 0.110. The Kier molecular flexibility index (Phi) is 2.19. The van der Waals surface area contributed by atoms with Crippen LogP contribution in [0.2, 0.25) is 0 Å². The molecule has 0 saturated heterocycles. The quantitative estimate of drug-likeness (QED) is 0.447. The van der Waals surface area contributed by atoms with Crippen LogP contribution in [0.3, 0.4) is 0 Å². The number of H-pyrrole nitrogens is 1. The van der Waals surface area contributed by atoms with Gasteiger partial charge in [-0.15, -0.1) is 4.73 Å². The van der Waals surface area contributed by atoms with Gasteiger partial charge in [-0.2, -0.15) is 0 Å². The lowest BCUT2D eigenvalue weighted by atomic mass is 9.85. The lowest BCUT2D eigenvalue weighted by Crippen LogP contribution is -2.39. The molecule has 0 saturated carbocycles. The highest BCUT2D eigenvalue weighted by Crippen LogP contribution is 2.36. The Morgan fingerprint density at radius 2 is 1.94 bits per heavy atom. The van der Waals surface area contributed by atoms with Gasteiger partial charge < -0.3 is 15.9 Å². The van der Waals surface area contributed by atoms with Crippen LogP contribution in [0.15, 0.2) is 26.9 Å². The van der Waals surface area contributed by atoms with Crippen molar-refractivity contribution in [2.75, 3.05) is 0 Å². The van der Waals surface area contributed by atoms with Crippen LogP contribution in [0.5, 0.6) is 0 Å². The average molecular weight is 247 g/mol. The van der Waals surface area contributed by atoms with Crippen LogP contribution in [0, 0.1) is 0 Å². The van der Waals surface area contributed by atoms with Gasteiger partial charge in [0.2, 0.25) is 0 Å². The highest BCUT2D eigenvalue weighted by atomic mass is 16.5. The number of aromatic nitrogens is 2. The van der Waals surface area contributed by atoms with Crippen LogP contribution in [-0.2, 0) is 6.42 Å². The number of nitrogens with two attached hydrogens (primary N) is 1. The molecule has 0 atom stereocenters. The van der Waals surface area contributed by atoms with E-state index in [1.54, 1.807) is 6.08 Å². The summed E-state index contributed by atoms with van der Waals surface area (Å²) >= 11 is 0. The Balaban J connectivity index is 2.34. The maximum atomic E-state index is 11.5. The lowest BCUT2D eigenvalue weighted by molar-refractivity contribution is 0.168. The van der Waals surface area contributed by atoms with Gasteiger partial charge in [0, 0.05) is 17.0 Å². The van der Waals surface area contributed by atoms with E-state index >= 15 is 0 Å². The third-order valence-electron chi connectivity index (χ3n) is 3.51. The monoisotopic (exact) mass is 247 g/mol. The molecule has 0 aromatic carbocycles. The van der Waals surface area contributed by atoms with Crippen molar-refractivity contribution >= 4 is 5.57 Å². The molecule has 1 aromatic rings. The molecule has 0 spiro atoms. The van der Waals surface area contributed by atoms with E-state index < -0.39 is 11.1 Å². The number of allylic oxidation sites excluding steroid dienone is 4. The molecule has 1 aromatic heterocycles. The van der Waals surface area contributed by atoms with E-state index in [0.29, 0.717) is 22.5 Å². The summed E-state index contributed by atoms with van der Waals surface area (Å²) in [6, 6.07) is 0. The fraction of sp³-hybridized carbons (Fsp3) is 0.333. The Morgan fingerprint density at radius 1 is 1.22 bits per heavy atom. The first kappa shape index (κ1) is 10.9. The molecule has 0 unspecified atom stereocenters. The summed E-state index contributed by atoms with van der Waals surface area (Å²) in [5.74, 6) is 0. The summed E-state index contributed by atoms with van der Waals surface area (Å²) in [4.78, 5) is 25.4. The van der Waals surface area contributed by atoms with E-state index in [9.17, 15) is 14.8 Å². The molecule has 1 heterocycles. The van der Waals surface area contributed by atoms with E-state index in [-0.39, 0.29) is 0 Å². The van der Waals surface area contributed by atoms with Gasteiger partial charge in [-0.05, 0) is 31.8 Å². The zero-order valence-electron chi connectivity index (χ0n) is 9.69. The van der Waals surface area contributed by atoms with Crippen LogP contribution < -0.4 is 16.9 Å². The summed E-state index contributed by atoms with van der Waals surface area (Å²) in [6.07, 6.45) is 4.86. The van der Waals surface area contributed by atoms with Gasteiger partial charge in [0.25, 0.3) is 0 Å². The highest BCUT2D eigenvalue weighted by Gasteiger charge is 2.25. The minimum Gasteiger partial charge on any atom is -0.425 e. The molecule has 4 N–H and O–H groups in total. The molecular formula is C12H13N3O3. The third kappa shape index (κ3) is 1.42. The smallest absolute Gasteiger partial charge is 0.348 e. The lowest BCUT2D eigenvalue weighted by Gasteiger charge is -2.25. The first-order chi connectivity index (χ1) is 8.58. The number of fused-ring (bicyclic) bond motifs is 2. The van der Waals surface area contributed by atoms with Gasteiger partial charge in [-0.1, -0.05) is 5.57 Å². The van der Waals surface area contributed by atoms with Crippen molar-refractivity contribution in [1.82, 2.24) is 9.71 Å². The second-order valence-electron chi connectivity index (χ2n) is 4.63. The number of aromatic amines is 1. The fourth-order valence-corrected chi connectivity index (χ4v) is 2.59. The second kappa shape index (κ2) is 3.63. The molecule has 0 bridgehead atoms. The van der Waals surface area contributed by atoms with Crippen molar-refractivity contribution in [2.45, 2.75) is 25.7 Å². The van der Waals surface area contributed by atoms with E-state index in [1.807, 2.05) is 0 Å². The molecule has 18 heavy (non-hydrogen) atoms. The highest BCUT2D eigenvalue weighted by molar-refractivity contribution is 5.79. The first-order valence-corrected chi connectivity index (χ1v) is 5.84. The summed E-state index contributed by atoms with van der Waals surface area (Å²) < 4.78 is 0.442. The minimum atomic E-state index is -0.958. The maximum absolute atomic E-state index is 11.5. The zero-order chi connectivity index (χ0) is 12.9. The minimum absolute atomic E-state index is 0.378. The maximum Gasteiger partial charge on any atom is 0.348 e. The standard InChI is InChI=1S/C12H13N3O3/c13-7-3-1-6-2-4-9-10(8(6)5-7)15(18)12(17)11(16)14-9/h5,18H,1-4,13H2,(H,14,16). The third-order valence-corrected chi connectivity index (χ3v) is 3.51. The molecule has 0 radical (unpaired) electrons. The molecule has 0 fully saturated rings. The normalized spacial score (nSPS) is 18.1. The first-order valence-electron chi connectivity index (χ1n) is 5.84. The van der Waals surface area contributed by atoms with Crippen molar-refractivity contribution in [1.29, 1.82) is 0 Å². The number of hydrogen-bond donors (Lipinski definition) is 3. The van der Waals surface area contributed by atoms with Gasteiger partial charge in [0.05, 0.1) is 0 Å². The molecule has 2 aliphatic carbocycles. The van der Waals surface area contributed by atoms with Crippen molar-refractivity contribution in [3.05, 3.63) is 49.4 Å².